The molecule has 0 radical (unpaired) electrons. The van der Waals surface area contributed by atoms with E-state index >= 15 is 0 Å². The van der Waals surface area contributed by atoms with Gasteiger partial charge < -0.3 is 4.74 Å². The van der Waals surface area contributed by atoms with E-state index in [1.165, 1.54) is 7.11 Å². The monoisotopic (exact) mass is 199 g/mol. The van der Waals surface area contributed by atoms with Crippen LogP contribution >= 0.6 is 11.6 Å². The smallest absolute Gasteiger partial charge is 0.227 e. The molecule has 13 heavy (non-hydrogen) atoms. The third-order valence-corrected chi connectivity index (χ3v) is 1.66. The molecule has 5 heteroatoms. The van der Waals surface area contributed by atoms with Gasteiger partial charge in [-0.2, -0.15) is 9.97 Å². The molecular formula is C8H10ClN3O. The average Bonchev–Trinajstić information content (AvgIpc) is 2.11. The van der Waals surface area contributed by atoms with E-state index < -0.39 is 0 Å². The molecule has 0 aromatic carbocycles. The fourth-order valence-electron chi connectivity index (χ4n) is 0.906. The van der Waals surface area contributed by atoms with E-state index in [0.29, 0.717) is 11.7 Å². The maximum Gasteiger partial charge on any atom is 0.227 e. The molecule has 0 saturated heterocycles. The Balaban J connectivity index is 3.26. The topological polar surface area (TPSA) is 47.4 Å². The summed E-state index contributed by atoms with van der Waals surface area (Å²) in [6.45, 7) is 3.64. The number of hydrogen-bond donors (Lipinski definition) is 0. The van der Waals surface area contributed by atoms with Crippen LogP contribution in [-0.2, 0) is 0 Å². The number of halogens is 1. The highest BCUT2D eigenvalue weighted by molar-refractivity contribution is 6.28. The summed E-state index contributed by atoms with van der Waals surface area (Å²) in [5.74, 6) is 1.000. The molecule has 0 unspecified atom stereocenters. The second-order valence-electron chi connectivity index (χ2n) is 2.34. The number of aromatic nitrogens is 2. The van der Waals surface area contributed by atoms with Crippen LogP contribution in [0.5, 0.6) is 5.88 Å². The minimum atomic E-state index is 0.142. The van der Waals surface area contributed by atoms with Crippen molar-refractivity contribution >= 4 is 23.6 Å². The third-order valence-electron chi connectivity index (χ3n) is 1.49. The second kappa shape index (κ2) is 4.18. The van der Waals surface area contributed by atoms with E-state index in [0.717, 1.165) is 5.56 Å². The maximum absolute atomic E-state index is 5.66. The summed E-state index contributed by atoms with van der Waals surface area (Å²) in [4.78, 5) is 11.9. The summed E-state index contributed by atoms with van der Waals surface area (Å²) in [6, 6.07) is 0. The lowest BCUT2D eigenvalue weighted by molar-refractivity contribution is 0.394. The summed E-state index contributed by atoms with van der Waals surface area (Å²) in [7, 11) is 1.53. The molecule has 0 amide bonds. The Bertz CT molecular complexity index is 338. The highest BCUT2D eigenvalue weighted by Gasteiger charge is 2.08. The normalized spacial score (nSPS) is 10.8. The van der Waals surface area contributed by atoms with Crippen LogP contribution in [-0.4, -0.2) is 23.3 Å². The first kappa shape index (κ1) is 9.92. The van der Waals surface area contributed by atoms with Crippen molar-refractivity contribution in [1.82, 2.24) is 9.97 Å². The Labute approximate surface area is 81.6 Å². The molecule has 4 nitrogen and oxygen atoms in total. The summed E-state index contributed by atoms with van der Waals surface area (Å²) in [5, 5.41) is 0.142. The van der Waals surface area contributed by atoms with Gasteiger partial charge in [0.15, 0.2) is 5.82 Å². The Kier molecular flexibility index (Phi) is 3.19. The van der Waals surface area contributed by atoms with Gasteiger partial charge in [0.1, 0.15) is 0 Å². The van der Waals surface area contributed by atoms with Crippen molar-refractivity contribution in [3.8, 4) is 5.88 Å². The Hall–Kier alpha value is -1.16. The van der Waals surface area contributed by atoms with E-state index in [1.54, 1.807) is 6.21 Å². The number of nitrogens with zero attached hydrogens (tertiary/aromatic N) is 3. The van der Waals surface area contributed by atoms with Crippen molar-refractivity contribution in [3.63, 3.8) is 0 Å². The largest absolute Gasteiger partial charge is 0.481 e. The Morgan fingerprint density at radius 2 is 2.15 bits per heavy atom. The van der Waals surface area contributed by atoms with Crippen LogP contribution in [0, 0.1) is 6.92 Å². The van der Waals surface area contributed by atoms with Crippen LogP contribution in [0.1, 0.15) is 12.5 Å². The molecule has 0 fully saturated rings. The van der Waals surface area contributed by atoms with Crippen molar-refractivity contribution in [2.45, 2.75) is 13.8 Å². The number of ether oxygens (including phenoxy) is 1. The zero-order valence-electron chi connectivity index (χ0n) is 7.71. The van der Waals surface area contributed by atoms with E-state index in [2.05, 4.69) is 15.0 Å². The maximum atomic E-state index is 5.66. The minimum absolute atomic E-state index is 0.142. The molecule has 0 N–H and O–H groups in total. The molecule has 1 aromatic heterocycles. The zero-order valence-corrected chi connectivity index (χ0v) is 8.46. The second-order valence-corrected chi connectivity index (χ2v) is 2.68. The first-order valence-electron chi connectivity index (χ1n) is 3.75. The van der Waals surface area contributed by atoms with Gasteiger partial charge in [0.2, 0.25) is 11.2 Å². The van der Waals surface area contributed by atoms with Crippen molar-refractivity contribution < 1.29 is 4.74 Å². The van der Waals surface area contributed by atoms with Gasteiger partial charge in [0.05, 0.1) is 12.7 Å². The van der Waals surface area contributed by atoms with Gasteiger partial charge in [-0.05, 0) is 25.4 Å². The lowest BCUT2D eigenvalue weighted by Crippen LogP contribution is -1.94. The van der Waals surface area contributed by atoms with Crippen molar-refractivity contribution in [1.29, 1.82) is 0 Å². The number of aliphatic imine (C=N–C) groups is 1. The van der Waals surface area contributed by atoms with E-state index in [9.17, 15) is 0 Å². The molecule has 0 aliphatic heterocycles. The van der Waals surface area contributed by atoms with Gasteiger partial charge in [-0.1, -0.05) is 0 Å². The lowest BCUT2D eigenvalue weighted by Gasteiger charge is -2.04. The van der Waals surface area contributed by atoms with Crippen molar-refractivity contribution in [3.05, 3.63) is 10.8 Å². The minimum Gasteiger partial charge on any atom is -0.481 e. The van der Waals surface area contributed by atoms with Crippen molar-refractivity contribution in [2.24, 2.45) is 4.99 Å². The molecule has 0 aliphatic carbocycles. The molecule has 0 aliphatic rings. The number of hydrogen-bond acceptors (Lipinski definition) is 4. The van der Waals surface area contributed by atoms with Crippen LogP contribution in [0.3, 0.4) is 0 Å². The van der Waals surface area contributed by atoms with Crippen LogP contribution < -0.4 is 4.74 Å². The average molecular weight is 200 g/mol. The fourth-order valence-corrected chi connectivity index (χ4v) is 1.06. The summed E-state index contributed by atoms with van der Waals surface area (Å²) < 4.78 is 5.00. The Morgan fingerprint density at radius 3 is 2.69 bits per heavy atom. The van der Waals surface area contributed by atoms with Crippen LogP contribution in [0.4, 0.5) is 5.82 Å². The molecule has 1 heterocycles. The molecular weight excluding hydrogens is 190 g/mol. The molecule has 70 valence electrons. The Morgan fingerprint density at radius 1 is 1.46 bits per heavy atom. The molecule has 1 aromatic rings. The predicted octanol–water partition coefficient (Wildman–Crippen LogP) is 2.17. The van der Waals surface area contributed by atoms with Crippen LogP contribution in [0.2, 0.25) is 5.28 Å². The molecule has 0 atom stereocenters. The van der Waals surface area contributed by atoms with Crippen molar-refractivity contribution in [2.75, 3.05) is 7.11 Å². The summed E-state index contributed by atoms with van der Waals surface area (Å²) >= 11 is 5.66. The highest BCUT2D eigenvalue weighted by atomic mass is 35.5. The molecule has 0 spiro atoms. The first-order chi connectivity index (χ1) is 6.19. The summed E-state index contributed by atoms with van der Waals surface area (Å²) in [5.41, 5.74) is 0.782. The van der Waals surface area contributed by atoms with Gasteiger partial charge in [-0.25, -0.2) is 4.99 Å². The molecule has 0 saturated carbocycles. The van der Waals surface area contributed by atoms with Crippen LogP contribution in [0.25, 0.3) is 0 Å². The van der Waals surface area contributed by atoms with Crippen LogP contribution in [0.15, 0.2) is 4.99 Å². The lowest BCUT2D eigenvalue weighted by atomic mass is 10.3. The SMILES string of the molecule is CC=Nc1nc(Cl)nc(OC)c1C. The van der Waals surface area contributed by atoms with E-state index in [4.69, 9.17) is 16.3 Å². The third kappa shape index (κ3) is 2.15. The number of rotatable bonds is 2. The fraction of sp³-hybridized carbons (Fsp3) is 0.375. The van der Waals surface area contributed by atoms with Gasteiger partial charge >= 0.3 is 0 Å². The number of methoxy groups -OCH3 is 1. The van der Waals surface area contributed by atoms with Gasteiger partial charge in [0, 0.05) is 6.21 Å². The molecule has 1 rings (SSSR count). The van der Waals surface area contributed by atoms with E-state index in [1.807, 2.05) is 13.8 Å². The van der Waals surface area contributed by atoms with Gasteiger partial charge in [-0.3, -0.25) is 0 Å². The van der Waals surface area contributed by atoms with Gasteiger partial charge in [0.25, 0.3) is 0 Å². The standard InChI is InChI=1S/C8H10ClN3O/c1-4-10-6-5(2)7(13-3)12-8(9)11-6/h4H,1-3H3. The highest BCUT2D eigenvalue weighted by Crippen LogP contribution is 2.25. The molecule has 0 bridgehead atoms. The zero-order chi connectivity index (χ0) is 9.84. The van der Waals surface area contributed by atoms with Gasteiger partial charge in [-0.15, -0.1) is 0 Å². The quantitative estimate of drug-likeness (QED) is 0.542. The van der Waals surface area contributed by atoms with E-state index in [-0.39, 0.29) is 5.28 Å². The first-order valence-corrected chi connectivity index (χ1v) is 4.13. The summed E-state index contributed by atoms with van der Waals surface area (Å²) in [6.07, 6.45) is 1.64. The predicted molar refractivity (Wildman–Crippen MR) is 52.2 cm³/mol.